The van der Waals surface area contributed by atoms with Crippen LogP contribution in [-0.4, -0.2) is 38.0 Å². The summed E-state index contributed by atoms with van der Waals surface area (Å²) >= 11 is 0. The minimum absolute atomic E-state index is 0. The lowest BCUT2D eigenvalue weighted by Gasteiger charge is -2.08. The number of amides is 1. The Morgan fingerprint density at radius 1 is 1.06 bits per heavy atom. The van der Waals surface area contributed by atoms with E-state index in [1.54, 1.807) is 0 Å². The monoisotopic (exact) mass is 342 g/mol. The number of nitrogens with one attached hydrogen (secondary N) is 3. The Kier molecular flexibility index (Phi) is 14.0. The van der Waals surface area contributed by atoms with Gasteiger partial charge in [0.15, 0.2) is 5.96 Å². The van der Waals surface area contributed by atoms with Gasteiger partial charge >= 0.3 is 0 Å². The molecule has 0 aromatic rings. The molecule has 0 fully saturated rings. The molecule has 0 aromatic heterocycles. The van der Waals surface area contributed by atoms with Gasteiger partial charge in [0.25, 0.3) is 0 Å². The molecule has 0 saturated carbocycles. The maximum Gasteiger partial charge on any atom is 0.241 e. The smallest absolute Gasteiger partial charge is 0.241 e. The molecule has 0 aromatic carbocycles. The molecule has 0 radical (unpaired) electrons. The minimum Gasteiger partial charge on any atom is -0.357 e. The lowest BCUT2D eigenvalue weighted by Crippen LogP contribution is -2.38. The van der Waals surface area contributed by atoms with Gasteiger partial charge in [0.2, 0.25) is 5.91 Å². The van der Waals surface area contributed by atoms with Gasteiger partial charge in [-0.25, -0.2) is 4.99 Å². The number of halogens is 1. The summed E-state index contributed by atoms with van der Waals surface area (Å²) in [7, 11) is 0. The maximum atomic E-state index is 11.2. The van der Waals surface area contributed by atoms with Gasteiger partial charge in [-0.2, -0.15) is 0 Å². The summed E-state index contributed by atoms with van der Waals surface area (Å²) in [6.45, 7) is 8.48. The van der Waals surface area contributed by atoms with Gasteiger partial charge in [0, 0.05) is 19.6 Å². The molecule has 0 bridgehead atoms. The van der Waals surface area contributed by atoms with Crippen molar-refractivity contribution >= 4 is 35.8 Å². The fraction of sp³-hybridized carbons (Fsp3) is 0.800. The molecule has 0 rings (SSSR count). The van der Waals surface area contributed by atoms with Crippen molar-refractivity contribution in [2.24, 2.45) is 4.99 Å². The molecule has 1 amide bonds. The van der Waals surface area contributed by atoms with Gasteiger partial charge in [-0.05, 0) is 20.3 Å². The van der Waals surface area contributed by atoms with E-state index in [1.165, 1.54) is 0 Å². The molecule has 0 saturated heterocycles. The molecule has 0 atom stereocenters. The fourth-order valence-electron chi connectivity index (χ4n) is 0.980. The molecule has 96 valence electrons. The predicted octanol–water partition coefficient (Wildman–Crippen LogP) is 0.706. The van der Waals surface area contributed by atoms with Crippen LogP contribution in [0.5, 0.6) is 0 Å². The zero-order chi connectivity index (χ0) is 11.5. The van der Waals surface area contributed by atoms with Crippen LogP contribution < -0.4 is 16.0 Å². The molecular formula is C10H23IN4O. The maximum absolute atomic E-state index is 11.2. The van der Waals surface area contributed by atoms with Crippen LogP contribution in [0.1, 0.15) is 27.2 Å². The van der Waals surface area contributed by atoms with E-state index < -0.39 is 0 Å². The summed E-state index contributed by atoms with van der Waals surface area (Å²) in [6.07, 6.45) is 0.947. The first-order valence-electron chi connectivity index (χ1n) is 5.53. The molecule has 0 aliphatic heterocycles. The second-order valence-corrected chi connectivity index (χ2v) is 3.08. The van der Waals surface area contributed by atoms with Gasteiger partial charge < -0.3 is 16.0 Å². The van der Waals surface area contributed by atoms with Crippen LogP contribution in [0.4, 0.5) is 0 Å². The van der Waals surface area contributed by atoms with Crippen LogP contribution in [0.15, 0.2) is 4.99 Å². The highest BCUT2D eigenvalue weighted by molar-refractivity contribution is 14.0. The highest BCUT2D eigenvalue weighted by Gasteiger charge is 1.99. The minimum atomic E-state index is -0.0369. The van der Waals surface area contributed by atoms with Crippen molar-refractivity contribution < 1.29 is 4.79 Å². The first-order chi connectivity index (χ1) is 7.24. The molecule has 3 N–H and O–H groups in total. The van der Waals surface area contributed by atoms with E-state index in [4.69, 9.17) is 0 Å². The number of nitrogens with zero attached hydrogens (tertiary/aromatic N) is 1. The average molecular weight is 342 g/mol. The number of hydrogen-bond acceptors (Lipinski definition) is 2. The fourth-order valence-corrected chi connectivity index (χ4v) is 0.980. The highest BCUT2D eigenvalue weighted by Crippen LogP contribution is 1.76. The van der Waals surface area contributed by atoms with Gasteiger partial charge in [-0.15, -0.1) is 24.0 Å². The summed E-state index contributed by atoms with van der Waals surface area (Å²) in [5.74, 6) is 0.650. The highest BCUT2D eigenvalue weighted by atomic mass is 127. The zero-order valence-electron chi connectivity index (χ0n) is 10.3. The van der Waals surface area contributed by atoms with Crippen molar-refractivity contribution in [3.8, 4) is 0 Å². The van der Waals surface area contributed by atoms with Crippen LogP contribution in [0.3, 0.4) is 0 Å². The Bertz CT molecular complexity index is 201. The molecule has 5 nitrogen and oxygen atoms in total. The van der Waals surface area contributed by atoms with E-state index >= 15 is 0 Å². The third-order valence-corrected chi connectivity index (χ3v) is 1.64. The van der Waals surface area contributed by atoms with E-state index in [0.29, 0.717) is 12.5 Å². The summed E-state index contributed by atoms with van der Waals surface area (Å²) in [4.78, 5) is 15.4. The average Bonchev–Trinajstić information content (AvgIpc) is 2.23. The number of hydrogen-bond donors (Lipinski definition) is 3. The van der Waals surface area contributed by atoms with Crippen LogP contribution >= 0.6 is 24.0 Å². The zero-order valence-corrected chi connectivity index (χ0v) is 12.6. The molecule has 6 heteroatoms. The van der Waals surface area contributed by atoms with Crippen molar-refractivity contribution in [1.82, 2.24) is 16.0 Å². The quantitative estimate of drug-likeness (QED) is 0.378. The van der Waals surface area contributed by atoms with Crippen LogP contribution in [0, 0.1) is 0 Å². The number of aliphatic imine (C=N–C) groups is 1. The molecule has 0 aliphatic rings. The van der Waals surface area contributed by atoms with Gasteiger partial charge in [-0.3, -0.25) is 4.79 Å². The second kappa shape index (κ2) is 12.5. The van der Waals surface area contributed by atoms with Crippen LogP contribution in [0.2, 0.25) is 0 Å². The van der Waals surface area contributed by atoms with E-state index in [0.717, 1.165) is 19.5 Å². The number of guanidine groups is 1. The predicted molar refractivity (Wildman–Crippen MR) is 78.4 cm³/mol. The van der Waals surface area contributed by atoms with Gasteiger partial charge in [0.1, 0.15) is 6.54 Å². The SMILES string of the molecule is CCCNC(=O)CN=C(NCC)NCC.I. The van der Waals surface area contributed by atoms with Gasteiger partial charge in [0.05, 0.1) is 0 Å². The third-order valence-electron chi connectivity index (χ3n) is 1.64. The van der Waals surface area contributed by atoms with Crippen molar-refractivity contribution in [2.75, 3.05) is 26.2 Å². The van der Waals surface area contributed by atoms with Crippen LogP contribution in [0.25, 0.3) is 0 Å². The van der Waals surface area contributed by atoms with E-state index in [-0.39, 0.29) is 36.4 Å². The molecule has 16 heavy (non-hydrogen) atoms. The van der Waals surface area contributed by atoms with E-state index in [2.05, 4.69) is 20.9 Å². The first-order valence-corrected chi connectivity index (χ1v) is 5.53. The molecule has 0 heterocycles. The lowest BCUT2D eigenvalue weighted by molar-refractivity contribution is -0.119. The topological polar surface area (TPSA) is 65.5 Å². The summed E-state index contributed by atoms with van der Waals surface area (Å²) in [5, 5.41) is 8.88. The number of rotatable bonds is 6. The lowest BCUT2D eigenvalue weighted by atomic mass is 10.4. The number of carbonyl (C=O) groups is 1. The molecule has 0 unspecified atom stereocenters. The summed E-state index contributed by atoms with van der Waals surface area (Å²) < 4.78 is 0. The summed E-state index contributed by atoms with van der Waals surface area (Å²) in [5.41, 5.74) is 0. The Balaban J connectivity index is 0. The normalized spacial score (nSPS) is 8.69. The Labute approximate surface area is 115 Å². The standard InChI is InChI=1S/C10H22N4O.HI/c1-4-7-13-9(15)8-14-10(11-5-2)12-6-3;/h4-8H2,1-3H3,(H,13,15)(H2,11,12,14);1H. The van der Waals surface area contributed by atoms with Gasteiger partial charge in [-0.1, -0.05) is 6.92 Å². The third kappa shape index (κ3) is 10.0. The molecule has 0 spiro atoms. The van der Waals surface area contributed by atoms with E-state index in [9.17, 15) is 4.79 Å². The first kappa shape index (κ1) is 17.9. The van der Waals surface area contributed by atoms with Crippen molar-refractivity contribution in [3.05, 3.63) is 0 Å². The molecular weight excluding hydrogens is 319 g/mol. The second-order valence-electron chi connectivity index (χ2n) is 3.08. The Morgan fingerprint density at radius 3 is 2.06 bits per heavy atom. The van der Waals surface area contributed by atoms with Crippen molar-refractivity contribution in [3.63, 3.8) is 0 Å². The molecule has 0 aliphatic carbocycles. The van der Waals surface area contributed by atoms with Crippen molar-refractivity contribution in [1.29, 1.82) is 0 Å². The Hall–Kier alpha value is -0.530. The number of carbonyl (C=O) groups excluding carboxylic acids is 1. The van der Waals surface area contributed by atoms with Crippen LogP contribution in [-0.2, 0) is 4.79 Å². The van der Waals surface area contributed by atoms with E-state index in [1.807, 2.05) is 20.8 Å². The van der Waals surface area contributed by atoms with Crippen molar-refractivity contribution in [2.45, 2.75) is 27.2 Å². The Morgan fingerprint density at radius 2 is 1.62 bits per heavy atom. The largest absolute Gasteiger partial charge is 0.357 e. The summed E-state index contributed by atoms with van der Waals surface area (Å²) in [6, 6.07) is 0.